The zero-order chi connectivity index (χ0) is 20.1. The van der Waals surface area contributed by atoms with Crippen molar-refractivity contribution in [3.05, 3.63) is 54.4 Å². The molecular weight excluding hydrogens is 364 g/mol. The summed E-state index contributed by atoms with van der Waals surface area (Å²) in [7, 11) is 0. The van der Waals surface area contributed by atoms with E-state index in [0.29, 0.717) is 12.5 Å². The highest BCUT2D eigenvalue weighted by atomic mass is 16.5. The first-order valence-electron chi connectivity index (χ1n) is 10.9. The van der Waals surface area contributed by atoms with Gasteiger partial charge in [-0.25, -0.2) is 0 Å². The number of carbonyl (C=O) groups excluding carboxylic acids is 1. The Balaban J connectivity index is 1.29. The van der Waals surface area contributed by atoms with E-state index in [1.54, 1.807) is 10.9 Å². The van der Waals surface area contributed by atoms with Gasteiger partial charge in [0, 0.05) is 25.0 Å². The van der Waals surface area contributed by atoms with Gasteiger partial charge in [-0.3, -0.25) is 9.48 Å². The van der Waals surface area contributed by atoms with Crippen molar-refractivity contribution in [3.63, 3.8) is 0 Å². The molecule has 6 heteroatoms. The summed E-state index contributed by atoms with van der Waals surface area (Å²) in [6, 6.07) is 12.6. The predicted molar refractivity (Wildman–Crippen MR) is 112 cm³/mol. The van der Waals surface area contributed by atoms with E-state index in [9.17, 15) is 4.79 Å². The summed E-state index contributed by atoms with van der Waals surface area (Å²) in [5.74, 6) is 0.713. The Bertz CT molecular complexity index is 756. The van der Waals surface area contributed by atoms with Crippen molar-refractivity contribution in [2.45, 2.75) is 69.2 Å². The van der Waals surface area contributed by atoms with E-state index in [1.165, 1.54) is 5.56 Å². The monoisotopic (exact) mass is 396 g/mol. The number of aromatic nitrogens is 2. The second-order valence-electron chi connectivity index (χ2n) is 8.38. The Labute approximate surface area is 173 Å². The number of nitrogens with two attached hydrogens (primary N) is 1. The largest absolute Gasteiger partial charge is 0.376 e. The van der Waals surface area contributed by atoms with Crippen molar-refractivity contribution in [1.82, 2.24) is 14.7 Å². The highest BCUT2D eigenvalue weighted by Crippen LogP contribution is 2.34. The number of nitrogens with zero attached hydrogens (tertiary/aromatic N) is 3. The van der Waals surface area contributed by atoms with Gasteiger partial charge in [0.1, 0.15) is 6.54 Å². The maximum absolute atomic E-state index is 12.8. The first-order chi connectivity index (χ1) is 14.2. The van der Waals surface area contributed by atoms with Gasteiger partial charge in [0.15, 0.2) is 0 Å². The van der Waals surface area contributed by atoms with Crippen LogP contribution in [0.15, 0.2) is 48.8 Å². The summed E-state index contributed by atoms with van der Waals surface area (Å²) >= 11 is 0. The molecule has 2 fully saturated rings. The second-order valence-corrected chi connectivity index (χ2v) is 8.38. The third-order valence-electron chi connectivity index (χ3n) is 6.46. The molecule has 1 saturated carbocycles. The van der Waals surface area contributed by atoms with Crippen LogP contribution in [-0.4, -0.2) is 51.9 Å². The van der Waals surface area contributed by atoms with Crippen LogP contribution in [0.25, 0.3) is 0 Å². The lowest BCUT2D eigenvalue weighted by molar-refractivity contribution is -0.139. The molecule has 29 heavy (non-hydrogen) atoms. The minimum absolute atomic E-state index is 0.0222. The van der Waals surface area contributed by atoms with Crippen molar-refractivity contribution in [3.8, 4) is 0 Å². The van der Waals surface area contributed by atoms with E-state index in [0.717, 1.165) is 45.1 Å². The highest BCUT2D eigenvalue weighted by molar-refractivity contribution is 5.76. The number of benzene rings is 1. The highest BCUT2D eigenvalue weighted by Gasteiger charge is 2.33. The van der Waals surface area contributed by atoms with Crippen molar-refractivity contribution in [1.29, 1.82) is 0 Å². The van der Waals surface area contributed by atoms with E-state index >= 15 is 0 Å². The number of amides is 1. The molecule has 1 aromatic heterocycles. The molecule has 6 nitrogen and oxygen atoms in total. The number of likely N-dealkylation sites (tertiary alicyclic amines) is 1. The van der Waals surface area contributed by atoms with Crippen LogP contribution in [-0.2, 0) is 16.1 Å². The van der Waals surface area contributed by atoms with Gasteiger partial charge in [0.05, 0.1) is 18.8 Å². The van der Waals surface area contributed by atoms with E-state index < -0.39 is 0 Å². The van der Waals surface area contributed by atoms with E-state index in [-0.39, 0.29) is 30.6 Å². The zero-order valence-electron chi connectivity index (χ0n) is 17.0. The molecule has 0 radical (unpaired) electrons. The van der Waals surface area contributed by atoms with Crippen LogP contribution in [0.4, 0.5) is 0 Å². The number of carbonyl (C=O) groups is 1. The Morgan fingerprint density at radius 1 is 1.10 bits per heavy atom. The van der Waals surface area contributed by atoms with E-state index in [1.807, 2.05) is 17.2 Å². The molecule has 0 unspecified atom stereocenters. The standard InChI is InChI=1S/C23H32N4O2/c24-21-8-4-15-27(23(28)16-26-14-5-13-25-26)22(21)17-29-20-11-9-19(10-12-20)18-6-2-1-3-7-18/h1-3,5-7,13-14,19-22H,4,8-12,15-17,24H2/t19-,20+,21-,22-/m0/s1. The van der Waals surface area contributed by atoms with Crippen molar-refractivity contribution >= 4 is 5.91 Å². The van der Waals surface area contributed by atoms with Crippen LogP contribution in [0.5, 0.6) is 0 Å². The van der Waals surface area contributed by atoms with Gasteiger partial charge >= 0.3 is 0 Å². The molecule has 1 aromatic carbocycles. The number of piperidine rings is 1. The normalized spacial score (nSPS) is 27.7. The van der Waals surface area contributed by atoms with Crippen LogP contribution in [0.1, 0.15) is 50.0 Å². The molecule has 1 amide bonds. The average molecular weight is 397 g/mol. The fourth-order valence-electron chi connectivity index (χ4n) is 4.76. The maximum atomic E-state index is 12.8. The van der Waals surface area contributed by atoms with Gasteiger partial charge in [0.2, 0.25) is 5.91 Å². The number of hydrogen-bond acceptors (Lipinski definition) is 4. The molecule has 2 atom stereocenters. The molecule has 1 saturated heterocycles. The Morgan fingerprint density at radius 3 is 2.62 bits per heavy atom. The van der Waals surface area contributed by atoms with E-state index in [4.69, 9.17) is 10.5 Å². The fourth-order valence-corrected chi connectivity index (χ4v) is 4.76. The number of rotatable bonds is 6. The fraction of sp³-hybridized carbons (Fsp3) is 0.565. The molecule has 1 aliphatic heterocycles. The molecule has 156 valence electrons. The lowest BCUT2D eigenvalue weighted by Crippen LogP contribution is -2.57. The van der Waals surface area contributed by atoms with Gasteiger partial charge < -0.3 is 15.4 Å². The van der Waals surface area contributed by atoms with Gasteiger partial charge in [-0.15, -0.1) is 0 Å². The number of ether oxygens (including phenoxy) is 1. The minimum Gasteiger partial charge on any atom is -0.376 e. The topological polar surface area (TPSA) is 73.4 Å². The molecule has 0 spiro atoms. The summed E-state index contributed by atoms with van der Waals surface area (Å²) in [6.07, 6.45) is 10.1. The van der Waals surface area contributed by atoms with Crippen LogP contribution in [0, 0.1) is 0 Å². The van der Waals surface area contributed by atoms with Crippen LogP contribution < -0.4 is 5.73 Å². The van der Waals surface area contributed by atoms with Crippen molar-refractivity contribution in [2.75, 3.05) is 13.2 Å². The third-order valence-corrected chi connectivity index (χ3v) is 6.46. The molecule has 2 heterocycles. The maximum Gasteiger partial charge on any atom is 0.244 e. The van der Waals surface area contributed by atoms with E-state index in [2.05, 4.69) is 35.4 Å². The molecule has 2 N–H and O–H groups in total. The van der Waals surface area contributed by atoms with Crippen LogP contribution >= 0.6 is 0 Å². The Morgan fingerprint density at radius 2 is 1.90 bits per heavy atom. The average Bonchev–Trinajstić information content (AvgIpc) is 3.27. The SMILES string of the molecule is N[C@H]1CCCN(C(=O)Cn2cccn2)[C@H]1CO[C@H]1CC[C@@H](c2ccccc2)CC1. The summed E-state index contributed by atoms with van der Waals surface area (Å²) in [6.45, 7) is 1.55. The van der Waals surface area contributed by atoms with Gasteiger partial charge in [-0.1, -0.05) is 30.3 Å². The lowest BCUT2D eigenvalue weighted by atomic mass is 9.83. The molecule has 4 rings (SSSR count). The van der Waals surface area contributed by atoms with Gasteiger partial charge in [-0.05, 0) is 56.1 Å². The molecule has 2 aliphatic rings. The predicted octanol–water partition coefficient (Wildman–Crippen LogP) is 2.94. The molecular formula is C23H32N4O2. The quantitative estimate of drug-likeness (QED) is 0.815. The summed E-state index contributed by atoms with van der Waals surface area (Å²) in [5, 5.41) is 4.15. The second kappa shape index (κ2) is 9.55. The summed E-state index contributed by atoms with van der Waals surface area (Å²) < 4.78 is 7.97. The lowest BCUT2D eigenvalue weighted by Gasteiger charge is -2.40. The van der Waals surface area contributed by atoms with Crippen LogP contribution in [0.3, 0.4) is 0 Å². The van der Waals surface area contributed by atoms with Gasteiger partial charge in [-0.2, -0.15) is 5.10 Å². The molecule has 2 aromatic rings. The zero-order valence-corrected chi connectivity index (χ0v) is 17.0. The third kappa shape index (κ3) is 5.06. The number of hydrogen-bond donors (Lipinski definition) is 1. The van der Waals surface area contributed by atoms with Gasteiger partial charge in [0.25, 0.3) is 0 Å². The van der Waals surface area contributed by atoms with Crippen LogP contribution in [0.2, 0.25) is 0 Å². The van der Waals surface area contributed by atoms with Crippen molar-refractivity contribution in [2.24, 2.45) is 5.73 Å². The van der Waals surface area contributed by atoms with Crippen molar-refractivity contribution < 1.29 is 9.53 Å². The summed E-state index contributed by atoms with van der Waals surface area (Å²) in [4.78, 5) is 14.7. The molecule has 0 bridgehead atoms. The Hall–Kier alpha value is -2.18. The smallest absolute Gasteiger partial charge is 0.244 e. The summed E-state index contributed by atoms with van der Waals surface area (Å²) in [5.41, 5.74) is 7.84. The Kier molecular flexibility index (Phi) is 6.62. The first-order valence-corrected chi connectivity index (χ1v) is 10.9. The minimum atomic E-state index is -0.0429. The first kappa shape index (κ1) is 20.1. The molecule has 1 aliphatic carbocycles.